The fourth-order valence-corrected chi connectivity index (χ4v) is 4.12. The minimum atomic E-state index is -0.0998. The average Bonchev–Trinajstić information content (AvgIpc) is 3.32. The highest BCUT2D eigenvalue weighted by atomic mass is 32.1. The standard InChI is InChI=1S/C16H15N3O2S3/c20-14(4-1-6-17-15(21)11-5-8-22-9-11)19-16-18-12(10-24-16)13-3-2-7-23-13/h2-3,5,7-10H,1,4,6H2,(H,17,21)(H,18,19,20). The molecule has 5 nitrogen and oxygen atoms in total. The number of amides is 2. The van der Waals surface area contributed by atoms with Crippen LogP contribution in [0.1, 0.15) is 23.2 Å². The number of nitrogens with one attached hydrogen (secondary N) is 2. The Labute approximate surface area is 151 Å². The van der Waals surface area contributed by atoms with Gasteiger partial charge in [0.15, 0.2) is 5.13 Å². The molecule has 0 aromatic carbocycles. The molecule has 0 aliphatic carbocycles. The average molecular weight is 378 g/mol. The molecule has 8 heteroatoms. The van der Waals surface area contributed by atoms with Crippen LogP contribution in [0.3, 0.4) is 0 Å². The van der Waals surface area contributed by atoms with Gasteiger partial charge in [0.1, 0.15) is 0 Å². The maximum absolute atomic E-state index is 11.9. The number of hydrogen-bond donors (Lipinski definition) is 2. The van der Waals surface area contributed by atoms with E-state index in [1.165, 1.54) is 22.7 Å². The Balaban J connectivity index is 1.39. The van der Waals surface area contributed by atoms with E-state index >= 15 is 0 Å². The number of aromatic nitrogens is 1. The highest BCUT2D eigenvalue weighted by Gasteiger charge is 2.09. The predicted octanol–water partition coefficient (Wildman–Crippen LogP) is 4.08. The van der Waals surface area contributed by atoms with Crippen LogP contribution in [0.4, 0.5) is 5.13 Å². The highest BCUT2D eigenvalue weighted by molar-refractivity contribution is 7.16. The lowest BCUT2D eigenvalue weighted by molar-refractivity contribution is -0.116. The maximum Gasteiger partial charge on any atom is 0.252 e. The zero-order chi connectivity index (χ0) is 16.8. The summed E-state index contributed by atoms with van der Waals surface area (Å²) in [5.74, 6) is -0.191. The van der Waals surface area contributed by atoms with Gasteiger partial charge in [-0.05, 0) is 29.3 Å². The lowest BCUT2D eigenvalue weighted by atomic mass is 10.2. The normalized spacial score (nSPS) is 10.5. The molecule has 0 aliphatic heterocycles. The molecule has 0 saturated heterocycles. The van der Waals surface area contributed by atoms with Crippen molar-refractivity contribution < 1.29 is 9.59 Å². The van der Waals surface area contributed by atoms with E-state index in [1.54, 1.807) is 22.8 Å². The van der Waals surface area contributed by atoms with Gasteiger partial charge >= 0.3 is 0 Å². The van der Waals surface area contributed by atoms with E-state index in [-0.39, 0.29) is 11.8 Å². The molecule has 3 aromatic rings. The van der Waals surface area contributed by atoms with Crippen LogP contribution >= 0.6 is 34.0 Å². The lowest BCUT2D eigenvalue weighted by Crippen LogP contribution is -2.25. The van der Waals surface area contributed by atoms with Gasteiger partial charge in [0.2, 0.25) is 5.91 Å². The monoisotopic (exact) mass is 377 g/mol. The molecule has 0 spiro atoms. The number of anilines is 1. The SMILES string of the molecule is O=C(CCCNC(=O)c1ccsc1)Nc1nc(-c2cccs2)cs1. The molecule has 3 aromatic heterocycles. The molecule has 0 atom stereocenters. The fourth-order valence-electron chi connectivity index (χ4n) is 2.00. The molecule has 0 saturated carbocycles. The first kappa shape index (κ1) is 16.8. The molecule has 2 amide bonds. The van der Waals surface area contributed by atoms with Gasteiger partial charge in [-0.15, -0.1) is 22.7 Å². The summed E-state index contributed by atoms with van der Waals surface area (Å²) < 4.78 is 0. The number of thiazole rings is 1. The van der Waals surface area contributed by atoms with E-state index in [1.807, 2.05) is 28.3 Å². The Hall–Kier alpha value is -2.03. The second-order valence-electron chi connectivity index (χ2n) is 4.93. The molecule has 0 unspecified atom stereocenters. The Morgan fingerprint density at radius 2 is 2.04 bits per heavy atom. The number of carbonyl (C=O) groups is 2. The third kappa shape index (κ3) is 4.50. The molecule has 0 radical (unpaired) electrons. The summed E-state index contributed by atoms with van der Waals surface area (Å²) in [5, 5.41) is 13.8. The van der Waals surface area contributed by atoms with E-state index < -0.39 is 0 Å². The largest absolute Gasteiger partial charge is 0.352 e. The van der Waals surface area contributed by atoms with Gasteiger partial charge in [-0.25, -0.2) is 4.98 Å². The fraction of sp³-hybridized carbons (Fsp3) is 0.188. The van der Waals surface area contributed by atoms with Crippen molar-refractivity contribution in [2.45, 2.75) is 12.8 Å². The van der Waals surface area contributed by atoms with Crippen molar-refractivity contribution in [3.63, 3.8) is 0 Å². The lowest BCUT2D eigenvalue weighted by Gasteiger charge is -2.04. The Morgan fingerprint density at radius 1 is 1.12 bits per heavy atom. The van der Waals surface area contributed by atoms with Crippen molar-refractivity contribution in [3.05, 3.63) is 45.3 Å². The van der Waals surface area contributed by atoms with Crippen LogP contribution in [0.15, 0.2) is 39.7 Å². The Kier molecular flexibility index (Phi) is 5.73. The molecule has 24 heavy (non-hydrogen) atoms. The minimum Gasteiger partial charge on any atom is -0.352 e. The third-order valence-corrected chi connectivity index (χ3v) is 5.51. The van der Waals surface area contributed by atoms with E-state index in [0.717, 1.165) is 10.6 Å². The Morgan fingerprint density at radius 3 is 2.79 bits per heavy atom. The smallest absolute Gasteiger partial charge is 0.252 e. The van der Waals surface area contributed by atoms with Gasteiger partial charge in [-0.2, -0.15) is 11.3 Å². The number of hydrogen-bond acceptors (Lipinski definition) is 6. The van der Waals surface area contributed by atoms with Crippen molar-refractivity contribution >= 4 is 51.0 Å². The van der Waals surface area contributed by atoms with Gasteiger partial charge in [0.05, 0.1) is 10.6 Å². The van der Waals surface area contributed by atoms with Gasteiger partial charge < -0.3 is 10.6 Å². The number of thiophene rings is 2. The van der Waals surface area contributed by atoms with Crippen molar-refractivity contribution in [2.75, 3.05) is 11.9 Å². The molecule has 0 bridgehead atoms. The second kappa shape index (κ2) is 8.18. The van der Waals surface area contributed by atoms with Gasteiger partial charge in [0, 0.05) is 29.3 Å². The second-order valence-corrected chi connectivity index (χ2v) is 7.52. The van der Waals surface area contributed by atoms with Crippen LogP contribution in [0.5, 0.6) is 0 Å². The zero-order valence-corrected chi connectivity index (χ0v) is 15.1. The number of nitrogens with zero attached hydrogens (tertiary/aromatic N) is 1. The summed E-state index contributed by atoms with van der Waals surface area (Å²) >= 11 is 4.52. The van der Waals surface area contributed by atoms with E-state index in [4.69, 9.17) is 0 Å². The quantitative estimate of drug-likeness (QED) is 0.610. The van der Waals surface area contributed by atoms with Gasteiger partial charge in [0.25, 0.3) is 5.91 Å². The van der Waals surface area contributed by atoms with E-state index in [9.17, 15) is 9.59 Å². The topological polar surface area (TPSA) is 71.1 Å². The molecule has 124 valence electrons. The van der Waals surface area contributed by atoms with Crippen molar-refractivity contribution in [1.29, 1.82) is 0 Å². The first-order valence-corrected chi connectivity index (χ1v) is 10.0. The van der Waals surface area contributed by atoms with Crippen LogP contribution in [0.25, 0.3) is 10.6 Å². The summed E-state index contributed by atoms with van der Waals surface area (Å²) in [6.07, 6.45) is 0.933. The van der Waals surface area contributed by atoms with E-state index in [0.29, 0.717) is 30.1 Å². The number of carbonyl (C=O) groups excluding carboxylic acids is 2. The first-order valence-electron chi connectivity index (χ1n) is 7.32. The van der Waals surface area contributed by atoms with Crippen LogP contribution in [-0.2, 0) is 4.79 Å². The summed E-state index contributed by atoms with van der Waals surface area (Å²) in [6, 6.07) is 5.75. The van der Waals surface area contributed by atoms with Crippen LogP contribution in [0.2, 0.25) is 0 Å². The van der Waals surface area contributed by atoms with Gasteiger partial charge in [-0.1, -0.05) is 6.07 Å². The van der Waals surface area contributed by atoms with Crippen molar-refractivity contribution in [1.82, 2.24) is 10.3 Å². The summed E-state index contributed by atoms with van der Waals surface area (Å²) in [6.45, 7) is 0.473. The molecule has 2 N–H and O–H groups in total. The number of rotatable bonds is 7. The molecular formula is C16H15N3O2S3. The molecule has 0 fully saturated rings. The summed E-state index contributed by atoms with van der Waals surface area (Å²) in [4.78, 5) is 29.2. The molecule has 3 heterocycles. The maximum atomic E-state index is 11.9. The highest BCUT2D eigenvalue weighted by Crippen LogP contribution is 2.28. The predicted molar refractivity (Wildman–Crippen MR) is 99.9 cm³/mol. The minimum absolute atomic E-state index is 0.0909. The van der Waals surface area contributed by atoms with Crippen molar-refractivity contribution in [3.8, 4) is 10.6 Å². The first-order chi connectivity index (χ1) is 11.7. The van der Waals surface area contributed by atoms with Crippen LogP contribution in [0, 0.1) is 0 Å². The summed E-state index contributed by atoms with van der Waals surface area (Å²) in [5.41, 5.74) is 1.54. The van der Waals surface area contributed by atoms with Crippen LogP contribution < -0.4 is 10.6 Å². The molecular weight excluding hydrogens is 362 g/mol. The molecule has 3 rings (SSSR count). The van der Waals surface area contributed by atoms with Gasteiger partial charge in [-0.3, -0.25) is 9.59 Å². The Bertz CT molecular complexity index is 795. The van der Waals surface area contributed by atoms with Crippen molar-refractivity contribution in [2.24, 2.45) is 0 Å². The van der Waals surface area contributed by atoms with E-state index in [2.05, 4.69) is 15.6 Å². The third-order valence-electron chi connectivity index (χ3n) is 3.17. The zero-order valence-electron chi connectivity index (χ0n) is 12.7. The summed E-state index contributed by atoms with van der Waals surface area (Å²) in [7, 11) is 0. The molecule has 0 aliphatic rings. The van der Waals surface area contributed by atoms with Crippen LogP contribution in [-0.4, -0.2) is 23.3 Å².